The Morgan fingerprint density at radius 2 is 2.11 bits per heavy atom. The minimum atomic E-state index is -1.01. The Kier molecular flexibility index (Phi) is 4.24. The average Bonchev–Trinajstić information content (AvgIpc) is 2.53. The van der Waals surface area contributed by atoms with Crippen molar-refractivity contribution in [2.45, 2.75) is 18.9 Å². The summed E-state index contributed by atoms with van der Waals surface area (Å²) in [4.78, 5) is 46.8. The van der Waals surface area contributed by atoms with E-state index in [9.17, 15) is 19.2 Å². The van der Waals surface area contributed by atoms with Crippen molar-refractivity contribution in [3.05, 3.63) is 0 Å². The van der Waals surface area contributed by atoms with E-state index in [0.29, 0.717) is 0 Å². The Bertz CT molecular complexity index is 395. The van der Waals surface area contributed by atoms with E-state index >= 15 is 0 Å². The van der Waals surface area contributed by atoms with Gasteiger partial charge in [-0.15, -0.1) is 0 Å². The largest absolute Gasteiger partial charge is 0.481 e. The molecule has 8 nitrogen and oxygen atoms in total. The zero-order valence-corrected chi connectivity index (χ0v) is 10.2. The van der Waals surface area contributed by atoms with Crippen LogP contribution in [-0.2, 0) is 14.4 Å². The summed E-state index contributed by atoms with van der Waals surface area (Å²) < 4.78 is 0. The molecule has 1 fully saturated rings. The first-order chi connectivity index (χ1) is 8.32. The molecule has 1 atom stereocenters. The fraction of sp³-hybridized carbons (Fsp3) is 0.600. The van der Waals surface area contributed by atoms with E-state index in [0.717, 1.165) is 9.80 Å². The van der Waals surface area contributed by atoms with Gasteiger partial charge in [-0.05, 0) is 0 Å². The quantitative estimate of drug-likeness (QED) is 0.619. The first-order valence-electron chi connectivity index (χ1n) is 5.36. The van der Waals surface area contributed by atoms with Gasteiger partial charge in [0.2, 0.25) is 5.91 Å². The van der Waals surface area contributed by atoms with Crippen molar-refractivity contribution in [1.29, 1.82) is 0 Å². The summed E-state index contributed by atoms with van der Waals surface area (Å²) in [7, 11) is 2.77. The van der Waals surface area contributed by atoms with Crippen LogP contribution in [0.3, 0.4) is 0 Å². The monoisotopic (exact) mass is 257 g/mol. The average molecular weight is 257 g/mol. The number of likely N-dealkylation sites (tertiary alicyclic amines) is 1. The molecule has 0 radical (unpaired) electrons. The second-order valence-electron chi connectivity index (χ2n) is 4.06. The van der Waals surface area contributed by atoms with Crippen molar-refractivity contribution < 1.29 is 24.3 Å². The molecule has 0 aromatic heterocycles. The first kappa shape index (κ1) is 13.9. The zero-order valence-electron chi connectivity index (χ0n) is 10.2. The number of urea groups is 1. The van der Waals surface area contributed by atoms with Crippen LogP contribution in [0.2, 0.25) is 0 Å². The molecule has 0 aromatic rings. The van der Waals surface area contributed by atoms with Crippen LogP contribution in [0.15, 0.2) is 0 Å². The molecule has 0 spiro atoms. The number of aliphatic carboxylic acids is 1. The van der Waals surface area contributed by atoms with E-state index in [1.165, 1.54) is 14.1 Å². The minimum Gasteiger partial charge on any atom is -0.481 e. The van der Waals surface area contributed by atoms with Crippen molar-refractivity contribution in [2.24, 2.45) is 0 Å². The maximum absolute atomic E-state index is 11.6. The van der Waals surface area contributed by atoms with Crippen molar-refractivity contribution >= 4 is 23.8 Å². The van der Waals surface area contributed by atoms with Gasteiger partial charge in [0.25, 0.3) is 5.91 Å². The molecule has 0 bridgehead atoms. The summed E-state index contributed by atoms with van der Waals surface area (Å²) in [6.45, 7) is 0.0336. The van der Waals surface area contributed by atoms with Gasteiger partial charge in [-0.3, -0.25) is 19.3 Å². The highest BCUT2D eigenvalue weighted by molar-refractivity contribution is 6.06. The third kappa shape index (κ3) is 3.19. The molecule has 2 N–H and O–H groups in total. The number of likely N-dealkylation sites (N-methyl/N-ethyl adjacent to an activating group) is 1. The summed E-state index contributed by atoms with van der Waals surface area (Å²) >= 11 is 0. The fourth-order valence-corrected chi connectivity index (χ4v) is 1.49. The third-order valence-corrected chi connectivity index (χ3v) is 2.69. The Balaban J connectivity index is 2.48. The number of carbonyl (C=O) groups is 4. The second-order valence-corrected chi connectivity index (χ2v) is 4.06. The topological polar surface area (TPSA) is 107 Å². The number of hydrogen-bond donors (Lipinski definition) is 2. The number of amides is 4. The molecule has 100 valence electrons. The summed E-state index contributed by atoms with van der Waals surface area (Å²) in [5, 5.41) is 10.9. The van der Waals surface area contributed by atoms with E-state index < -0.39 is 23.9 Å². The molecule has 1 unspecified atom stereocenters. The van der Waals surface area contributed by atoms with Gasteiger partial charge in [0.15, 0.2) is 0 Å². The first-order valence-corrected chi connectivity index (χ1v) is 5.36. The van der Waals surface area contributed by atoms with Gasteiger partial charge in [-0.1, -0.05) is 0 Å². The summed E-state index contributed by atoms with van der Waals surface area (Å²) in [6.07, 6.45) is -0.241. The Hall–Kier alpha value is -2.12. The molecule has 1 aliphatic rings. The fourth-order valence-electron chi connectivity index (χ4n) is 1.49. The number of carbonyl (C=O) groups excluding carboxylic acids is 3. The molecule has 1 heterocycles. The lowest BCUT2D eigenvalue weighted by molar-refractivity contribution is -0.138. The predicted molar refractivity (Wildman–Crippen MR) is 59.6 cm³/mol. The minimum absolute atomic E-state index is 0.0336. The lowest BCUT2D eigenvalue weighted by Gasteiger charge is -2.19. The molecule has 1 aliphatic heterocycles. The molecule has 1 saturated heterocycles. The van der Waals surface area contributed by atoms with Crippen molar-refractivity contribution in [2.75, 3.05) is 20.6 Å². The molecule has 18 heavy (non-hydrogen) atoms. The number of carboxylic acids is 1. The molecule has 1 rings (SSSR count). The number of imide groups is 1. The maximum Gasteiger partial charge on any atom is 0.317 e. The van der Waals surface area contributed by atoms with Crippen molar-refractivity contribution in [3.8, 4) is 0 Å². The Morgan fingerprint density at radius 3 is 2.56 bits per heavy atom. The van der Waals surface area contributed by atoms with E-state index in [1.807, 2.05) is 0 Å². The molecule has 0 aliphatic carbocycles. The highest BCUT2D eigenvalue weighted by Gasteiger charge is 2.37. The molecule has 0 aromatic carbocycles. The summed E-state index contributed by atoms with van der Waals surface area (Å²) in [5.74, 6) is -1.82. The number of nitrogens with one attached hydrogen (secondary N) is 1. The van der Waals surface area contributed by atoms with Crippen LogP contribution in [0.1, 0.15) is 12.8 Å². The van der Waals surface area contributed by atoms with Crippen LogP contribution < -0.4 is 5.32 Å². The zero-order chi connectivity index (χ0) is 13.9. The van der Waals surface area contributed by atoms with Crippen LogP contribution in [0.4, 0.5) is 4.79 Å². The third-order valence-electron chi connectivity index (χ3n) is 2.69. The van der Waals surface area contributed by atoms with Gasteiger partial charge in [-0.25, -0.2) is 4.79 Å². The Labute approximate surface area is 104 Å². The lowest BCUT2D eigenvalue weighted by atomic mass is 10.2. The Morgan fingerprint density at radius 1 is 1.50 bits per heavy atom. The van der Waals surface area contributed by atoms with Crippen molar-refractivity contribution in [3.63, 3.8) is 0 Å². The maximum atomic E-state index is 11.6. The highest BCUT2D eigenvalue weighted by Crippen LogP contribution is 2.10. The SMILES string of the molecule is CN(CCC(=O)O)C(=O)NC1CC(=O)N(C)C1=O. The molecule has 4 amide bonds. The van der Waals surface area contributed by atoms with Gasteiger partial charge in [-0.2, -0.15) is 0 Å². The van der Waals surface area contributed by atoms with E-state index in [1.54, 1.807) is 0 Å². The van der Waals surface area contributed by atoms with E-state index in [4.69, 9.17) is 5.11 Å². The lowest BCUT2D eigenvalue weighted by Crippen LogP contribution is -2.46. The van der Waals surface area contributed by atoms with Gasteiger partial charge in [0.1, 0.15) is 6.04 Å². The standard InChI is InChI=1S/C10H15N3O5/c1-12(4-3-8(15)16)10(18)11-6-5-7(14)13(2)9(6)17/h6H,3-5H2,1-2H3,(H,11,18)(H,15,16). The summed E-state index contributed by atoms with van der Waals surface area (Å²) in [6, 6.07) is -1.43. The van der Waals surface area contributed by atoms with Crippen molar-refractivity contribution in [1.82, 2.24) is 15.1 Å². The van der Waals surface area contributed by atoms with Gasteiger partial charge >= 0.3 is 12.0 Å². The molecule has 8 heteroatoms. The van der Waals surface area contributed by atoms with Crippen LogP contribution in [0.25, 0.3) is 0 Å². The van der Waals surface area contributed by atoms with Crippen LogP contribution in [-0.4, -0.2) is 65.4 Å². The highest BCUT2D eigenvalue weighted by atomic mass is 16.4. The number of nitrogens with zero attached hydrogens (tertiary/aromatic N) is 2. The number of hydrogen-bond acceptors (Lipinski definition) is 4. The predicted octanol–water partition coefficient (Wildman–Crippen LogP) is -1.14. The molecular formula is C10H15N3O5. The smallest absolute Gasteiger partial charge is 0.317 e. The van der Waals surface area contributed by atoms with Gasteiger partial charge in [0, 0.05) is 20.6 Å². The summed E-state index contributed by atoms with van der Waals surface area (Å²) in [5.41, 5.74) is 0. The van der Waals surface area contributed by atoms with E-state index in [-0.39, 0.29) is 25.3 Å². The molecular weight excluding hydrogens is 242 g/mol. The van der Waals surface area contributed by atoms with Crippen LogP contribution >= 0.6 is 0 Å². The van der Waals surface area contributed by atoms with Gasteiger partial charge in [0.05, 0.1) is 12.8 Å². The normalized spacial score (nSPS) is 19.0. The second kappa shape index (κ2) is 5.48. The molecule has 0 saturated carbocycles. The van der Waals surface area contributed by atoms with Crippen LogP contribution in [0, 0.1) is 0 Å². The van der Waals surface area contributed by atoms with Crippen LogP contribution in [0.5, 0.6) is 0 Å². The van der Waals surface area contributed by atoms with E-state index in [2.05, 4.69) is 5.32 Å². The number of carboxylic acid groups (broad SMARTS) is 1. The number of rotatable bonds is 4. The van der Waals surface area contributed by atoms with Gasteiger partial charge < -0.3 is 15.3 Å².